The first-order chi connectivity index (χ1) is 8.41. The Morgan fingerprint density at radius 3 is 2.44 bits per heavy atom. The van der Waals surface area contributed by atoms with Gasteiger partial charge in [-0.1, -0.05) is 13.8 Å². The molecule has 0 aliphatic rings. The fourth-order valence-corrected chi connectivity index (χ4v) is 2.70. The van der Waals surface area contributed by atoms with Gasteiger partial charge in [-0.25, -0.2) is 0 Å². The minimum Gasteiger partial charge on any atom is -0.391 e. The lowest BCUT2D eigenvalue weighted by molar-refractivity contribution is -0.00419. The van der Waals surface area contributed by atoms with Crippen molar-refractivity contribution in [1.29, 1.82) is 0 Å². The average Bonchev–Trinajstić information content (AvgIpc) is 2.30. The number of nitrogens with zero attached hydrogens (tertiary/aromatic N) is 2. The molecule has 1 heterocycles. The summed E-state index contributed by atoms with van der Waals surface area (Å²) in [5, 5.41) is 10.5. The normalized spacial score (nSPS) is 13.9. The number of rotatable bonds is 6. The predicted octanol–water partition coefficient (Wildman–Crippen LogP) is 2.87. The summed E-state index contributed by atoms with van der Waals surface area (Å²) in [5.41, 5.74) is 0.823. The van der Waals surface area contributed by atoms with E-state index in [9.17, 15) is 5.11 Å². The minimum atomic E-state index is -0.409. The molecule has 0 spiro atoms. The summed E-state index contributed by atoms with van der Waals surface area (Å²) in [7, 11) is 0. The highest BCUT2D eigenvalue weighted by Gasteiger charge is 2.32. The van der Waals surface area contributed by atoms with Crippen LogP contribution in [0.3, 0.4) is 0 Å². The van der Waals surface area contributed by atoms with Crippen LogP contribution in [0.5, 0.6) is 0 Å². The van der Waals surface area contributed by atoms with Crippen LogP contribution in [0, 0.1) is 0 Å². The van der Waals surface area contributed by atoms with Gasteiger partial charge in [0.15, 0.2) is 0 Å². The number of pyridine rings is 1. The Balaban J connectivity index is 2.78. The van der Waals surface area contributed by atoms with Crippen LogP contribution in [-0.4, -0.2) is 39.7 Å². The van der Waals surface area contributed by atoms with Crippen LogP contribution in [0.25, 0.3) is 0 Å². The van der Waals surface area contributed by atoms with E-state index in [1.54, 1.807) is 6.20 Å². The van der Waals surface area contributed by atoms with Gasteiger partial charge in [0, 0.05) is 28.8 Å². The summed E-state index contributed by atoms with van der Waals surface area (Å²) in [4.78, 5) is 6.41. The van der Waals surface area contributed by atoms with Gasteiger partial charge in [-0.15, -0.1) is 0 Å². The number of aromatic nitrogens is 1. The van der Waals surface area contributed by atoms with Crippen LogP contribution in [-0.2, 0) is 6.42 Å². The third-order valence-electron chi connectivity index (χ3n) is 3.58. The molecule has 1 N–H and O–H groups in total. The van der Waals surface area contributed by atoms with Gasteiger partial charge in [-0.05, 0) is 54.5 Å². The number of aliphatic hydroxyl groups excluding tert-OH is 1. The molecule has 1 rings (SSSR count). The average molecular weight is 315 g/mol. The Morgan fingerprint density at radius 1 is 1.33 bits per heavy atom. The SMILES string of the molecule is CCN(CC)C(C)(C)C(O)Cc1cncc(Br)c1. The summed E-state index contributed by atoms with van der Waals surface area (Å²) in [5.74, 6) is 0. The van der Waals surface area contributed by atoms with Crippen molar-refractivity contribution in [3.63, 3.8) is 0 Å². The van der Waals surface area contributed by atoms with E-state index in [2.05, 4.69) is 53.5 Å². The molecule has 18 heavy (non-hydrogen) atoms. The Hall–Kier alpha value is -0.450. The van der Waals surface area contributed by atoms with Crippen molar-refractivity contribution in [2.45, 2.75) is 45.8 Å². The number of aliphatic hydroxyl groups is 1. The molecule has 1 aromatic heterocycles. The third-order valence-corrected chi connectivity index (χ3v) is 4.02. The van der Waals surface area contributed by atoms with Crippen LogP contribution < -0.4 is 0 Å². The molecule has 0 radical (unpaired) electrons. The van der Waals surface area contributed by atoms with Crippen molar-refractivity contribution in [1.82, 2.24) is 9.88 Å². The third kappa shape index (κ3) is 3.77. The molecule has 0 saturated heterocycles. The van der Waals surface area contributed by atoms with Gasteiger partial charge < -0.3 is 5.11 Å². The lowest BCUT2D eigenvalue weighted by Gasteiger charge is -2.41. The second-order valence-electron chi connectivity index (χ2n) is 5.06. The van der Waals surface area contributed by atoms with Gasteiger partial charge in [-0.3, -0.25) is 9.88 Å². The van der Waals surface area contributed by atoms with Crippen molar-refractivity contribution in [2.75, 3.05) is 13.1 Å². The quantitative estimate of drug-likeness (QED) is 0.877. The van der Waals surface area contributed by atoms with Crippen LogP contribution in [0.15, 0.2) is 22.9 Å². The summed E-state index contributed by atoms with van der Waals surface area (Å²) in [6.45, 7) is 10.3. The molecule has 0 fully saturated rings. The molecule has 0 saturated carbocycles. The molecule has 0 aliphatic carbocycles. The largest absolute Gasteiger partial charge is 0.391 e. The highest BCUT2D eigenvalue weighted by Crippen LogP contribution is 2.22. The first-order valence-corrected chi connectivity index (χ1v) is 7.23. The highest BCUT2D eigenvalue weighted by atomic mass is 79.9. The molecule has 102 valence electrons. The van der Waals surface area contributed by atoms with Crippen LogP contribution in [0.4, 0.5) is 0 Å². The maximum absolute atomic E-state index is 10.5. The molecular weight excluding hydrogens is 292 g/mol. The first-order valence-electron chi connectivity index (χ1n) is 6.44. The monoisotopic (exact) mass is 314 g/mol. The second kappa shape index (κ2) is 6.64. The molecule has 0 aromatic carbocycles. The lowest BCUT2D eigenvalue weighted by Crippen LogP contribution is -2.53. The van der Waals surface area contributed by atoms with Gasteiger partial charge in [0.25, 0.3) is 0 Å². The van der Waals surface area contributed by atoms with Crippen LogP contribution in [0.2, 0.25) is 0 Å². The molecule has 1 aromatic rings. The Labute approximate surface area is 118 Å². The van der Waals surface area contributed by atoms with Gasteiger partial charge in [-0.2, -0.15) is 0 Å². The number of halogens is 1. The highest BCUT2D eigenvalue weighted by molar-refractivity contribution is 9.10. The zero-order valence-corrected chi connectivity index (χ0v) is 13.2. The Morgan fingerprint density at radius 2 is 1.94 bits per heavy atom. The van der Waals surface area contributed by atoms with Crippen LogP contribution in [0.1, 0.15) is 33.3 Å². The molecule has 1 atom stereocenters. The van der Waals surface area contributed by atoms with E-state index < -0.39 is 6.10 Å². The predicted molar refractivity (Wildman–Crippen MR) is 78.6 cm³/mol. The van der Waals surface area contributed by atoms with Gasteiger partial charge in [0.2, 0.25) is 0 Å². The van der Waals surface area contributed by atoms with E-state index >= 15 is 0 Å². The summed E-state index contributed by atoms with van der Waals surface area (Å²) in [6, 6.07) is 2.01. The number of hydrogen-bond acceptors (Lipinski definition) is 3. The first kappa shape index (κ1) is 15.6. The molecule has 3 nitrogen and oxygen atoms in total. The van der Waals surface area contributed by atoms with E-state index in [0.717, 1.165) is 23.1 Å². The van der Waals surface area contributed by atoms with Gasteiger partial charge >= 0.3 is 0 Å². The molecule has 0 amide bonds. The van der Waals surface area contributed by atoms with Crippen molar-refractivity contribution in [3.05, 3.63) is 28.5 Å². The van der Waals surface area contributed by atoms with E-state index in [1.165, 1.54) is 0 Å². The van der Waals surface area contributed by atoms with Crippen molar-refractivity contribution in [3.8, 4) is 0 Å². The maximum atomic E-state index is 10.5. The zero-order chi connectivity index (χ0) is 13.8. The second-order valence-corrected chi connectivity index (χ2v) is 5.97. The Bertz CT molecular complexity index is 378. The van der Waals surface area contributed by atoms with Crippen molar-refractivity contribution >= 4 is 15.9 Å². The fraction of sp³-hybridized carbons (Fsp3) is 0.643. The zero-order valence-electron chi connectivity index (χ0n) is 11.7. The molecule has 0 aliphatic heterocycles. The molecule has 1 unspecified atom stereocenters. The number of hydrogen-bond donors (Lipinski definition) is 1. The Kier molecular flexibility index (Phi) is 5.76. The van der Waals surface area contributed by atoms with Crippen LogP contribution >= 0.6 is 15.9 Å². The van der Waals surface area contributed by atoms with E-state index in [0.29, 0.717) is 6.42 Å². The number of likely N-dealkylation sites (N-methyl/N-ethyl adjacent to an activating group) is 1. The van der Waals surface area contributed by atoms with E-state index in [1.807, 2.05) is 12.3 Å². The van der Waals surface area contributed by atoms with E-state index in [-0.39, 0.29) is 5.54 Å². The summed E-state index contributed by atoms with van der Waals surface area (Å²) < 4.78 is 0.952. The minimum absolute atomic E-state index is 0.230. The summed E-state index contributed by atoms with van der Waals surface area (Å²) in [6.07, 6.45) is 3.78. The molecular formula is C14H23BrN2O. The topological polar surface area (TPSA) is 36.4 Å². The lowest BCUT2D eigenvalue weighted by atomic mass is 9.90. The fourth-order valence-electron chi connectivity index (χ4n) is 2.29. The molecule has 0 bridgehead atoms. The standard InChI is InChI=1S/C14H23BrN2O/c1-5-17(6-2)14(3,4)13(18)8-11-7-12(15)10-16-9-11/h7,9-10,13,18H,5-6,8H2,1-4H3. The van der Waals surface area contributed by atoms with Gasteiger partial charge in [0.1, 0.15) is 0 Å². The maximum Gasteiger partial charge on any atom is 0.0759 e. The summed E-state index contributed by atoms with van der Waals surface area (Å²) >= 11 is 3.40. The molecule has 4 heteroatoms. The smallest absolute Gasteiger partial charge is 0.0759 e. The van der Waals surface area contributed by atoms with E-state index in [4.69, 9.17) is 0 Å². The van der Waals surface area contributed by atoms with Crippen molar-refractivity contribution < 1.29 is 5.11 Å². The van der Waals surface area contributed by atoms with Gasteiger partial charge in [0.05, 0.1) is 6.10 Å². The van der Waals surface area contributed by atoms with Crippen molar-refractivity contribution in [2.24, 2.45) is 0 Å².